The molecule has 0 unspecified atom stereocenters. The van der Waals surface area contributed by atoms with Crippen LogP contribution in [0.4, 0.5) is 11.4 Å². The number of para-hydroxylation sites is 1. The Morgan fingerprint density at radius 1 is 0.710 bits per heavy atom. The van der Waals surface area contributed by atoms with E-state index >= 15 is 0 Å². The van der Waals surface area contributed by atoms with Gasteiger partial charge in [0, 0.05) is 15.2 Å². The highest BCUT2D eigenvalue weighted by Gasteiger charge is 2.22. The van der Waals surface area contributed by atoms with E-state index in [2.05, 4.69) is 25.9 Å². The van der Waals surface area contributed by atoms with Gasteiger partial charge in [-0.1, -0.05) is 34.1 Å². The molecule has 0 aliphatic rings. The zero-order valence-electron chi connectivity index (χ0n) is 18.0. The molecule has 0 aliphatic carbocycles. The maximum atomic E-state index is 9.93. The van der Waals surface area contributed by atoms with Crippen molar-refractivity contribution in [3.8, 4) is 0 Å². The summed E-state index contributed by atoms with van der Waals surface area (Å²) in [5.74, 6) is 0. The topological polar surface area (TPSA) is 118 Å². The second kappa shape index (κ2) is 8.42. The quantitative estimate of drug-likeness (QED) is 0.324. The molecule has 0 spiro atoms. The van der Waals surface area contributed by atoms with E-state index in [-0.39, 0.29) is 0 Å². The molecular formula is C24H27BrN4O2. The molecule has 0 saturated carbocycles. The molecule has 7 heteroatoms. The molecule has 6 nitrogen and oxygen atoms in total. The van der Waals surface area contributed by atoms with Crippen LogP contribution in [0.1, 0.15) is 39.1 Å². The molecule has 0 radical (unpaired) electrons. The van der Waals surface area contributed by atoms with Crippen molar-refractivity contribution < 1.29 is 10.2 Å². The molecule has 0 saturated heterocycles. The minimum atomic E-state index is -1.02. The van der Waals surface area contributed by atoms with Gasteiger partial charge in [-0.3, -0.25) is 0 Å². The third kappa shape index (κ3) is 5.31. The first-order chi connectivity index (χ1) is 14.4. The lowest BCUT2D eigenvalue weighted by Crippen LogP contribution is -2.19. The van der Waals surface area contributed by atoms with E-state index in [0.717, 1.165) is 26.3 Å². The summed E-state index contributed by atoms with van der Waals surface area (Å²) in [6.45, 7) is 6.72. The van der Waals surface area contributed by atoms with Gasteiger partial charge in [0.2, 0.25) is 0 Å². The number of halogens is 1. The normalized spacial score (nSPS) is 12.0. The smallest absolute Gasteiger partial charge is 0.103 e. The highest BCUT2D eigenvalue weighted by molar-refractivity contribution is 9.10. The number of pyridine rings is 2. The molecule has 31 heavy (non-hydrogen) atoms. The molecule has 6 N–H and O–H groups in total. The fourth-order valence-electron chi connectivity index (χ4n) is 3.28. The first kappa shape index (κ1) is 22.9. The van der Waals surface area contributed by atoms with E-state index in [1.54, 1.807) is 27.7 Å². The number of rotatable bonds is 2. The number of nitrogen functional groups attached to an aromatic ring is 2. The molecule has 0 bridgehead atoms. The van der Waals surface area contributed by atoms with Gasteiger partial charge >= 0.3 is 0 Å². The van der Waals surface area contributed by atoms with Gasteiger partial charge in [-0.2, -0.15) is 0 Å². The number of aliphatic hydroxyl groups is 2. The summed E-state index contributed by atoms with van der Waals surface area (Å²) < 4.78 is 0.984. The summed E-state index contributed by atoms with van der Waals surface area (Å²) in [7, 11) is 0. The van der Waals surface area contributed by atoms with E-state index in [1.165, 1.54) is 0 Å². The first-order valence-corrected chi connectivity index (χ1v) is 10.6. The van der Waals surface area contributed by atoms with Crippen molar-refractivity contribution in [3.63, 3.8) is 0 Å². The summed E-state index contributed by atoms with van der Waals surface area (Å²) in [6.07, 6.45) is 0. The van der Waals surface area contributed by atoms with Crippen molar-refractivity contribution >= 4 is 49.1 Å². The van der Waals surface area contributed by atoms with Crippen molar-refractivity contribution in [3.05, 3.63) is 70.5 Å². The molecule has 4 rings (SSSR count). The molecule has 0 aliphatic heterocycles. The largest absolute Gasteiger partial charge is 0.397 e. The van der Waals surface area contributed by atoms with Gasteiger partial charge in [-0.05, 0) is 64.1 Å². The Bertz CT molecular complexity index is 1240. The third-order valence-corrected chi connectivity index (χ3v) is 5.21. The number of hydrogen-bond donors (Lipinski definition) is 4. The Kier molecular flexibility index (Phi) is 6.23. The summed E-state index contributed by atoms with van der Waals surface area (Å²) in [5, 5.41) is 21.8. The predicted octanol–water partition coefficient (Wildman–Crippen LogP) is 4.85. The van der Waals surface area contributed by atoms with E-state index in [1.807, 2.05) is 54.6 Å². The number of fused-ring (bicyclic) bond motifs is 2. The Hall–Kier alpha value is -2.74. The van der Waals surface area contributed by atoms with Gasteiger partial charge in [0.1, 0.15) is 11.2 Å². The summed E-state index contributed by atoms with van der Waals surface area (Å²) in [4.78, 5) is 8.76. The Morgan fingerprint density at radius 2 is 1.19 bits per heavy atom. The molecule has 2 aromatic heterocycles. The third-order valence-electron chi connectivity index (χ3n) is 4.72. The number of hydrogen-bond acceptors (Lipinski definition) is 6. The van der Waals surface area contributed by atoms with Crippen LogP contribution in [-0.2, 0) is 11.2 Å². The molecule has 0 amide bonds. The van der Waals surface area contributed by atoms with Gasteiger partial charge in [0.05, 0.1) is 33.8 Å². The summed E-state index contributed by atoms with van der Waals surface area (Å²) in [6, 6.07) is 17.2. The summed E-state index contributed by atoms with van der Waals surface area (Å²) in [5.41, 5.74) is 13.5. The Morgan fingerprint density at radius 3 is 1.74 bits per heavy atom. The minimum Gasteiger partial charge on any atom is -0.397 e. The van der Waals surface area contributed by atoms with Crippen molar-refractivity contribution in [1.82, 2.24) is 9.97 Å². The fourth-order valence-corrected chi connectivity index (χ4v) is 3.65. The van der Waals surface area contributed by atoms with E-state index < -0.39 is 11.2 Å². The Labute approximate surface area is 190 Å². The SMILES string of the molecule is CC(C)(O)c1nc2ccc(Br)cc2cc1N.CC(C)(O)c1nc2ccccc2cc1N. The number of nitrogens with two attached hydrogens (primary N) is 2. The van der Waals surface area contributed by atoms with Crippen LogP contribution in [0.3, 0.4) is 0 Å². The minimum absolute atomic E-state index is 0.512. The van der Waals surface area contributed by atoms with Crippen molar-refractivity contribution in [2.24, 2.45) is 0 Å². The lowest BCUT2D eigenvalue weighted by atomic mass is 10.0. The lowest BCUT2D eigenvalue weighted by Gasteiger charge is -2.19. The van der Waals surface area contributed by atoms with Crippen molar-refractivity contribution in [2.45, 2.75) is 38.9 Å². The molecule has 162 valence electrons. The summed E-state index contributed by atoms with van der Waals surface area (Å²) >= 11 is 3.40. The van der Waals surface area contributed by atoms with Gasteiger partial charge in [0.25, 0.3) is 0 Å². The van der Waals surface area contributed by atoms with E-state index in [0.29, 0.717) is 22.8 Å². The van der Waals surface area contributed by atoms with Crippen LogP contribution in [0.15, 0.2) is 59.1 Å². The van der Waals surface area contributed by atoms with Crippen LogP contribution in [-0.4, -0.2) is 20.2 Å². The van der Waals surface area contributed by atoms with Gasteiger partial charge < -0.3 is 21.7 Å². The second-order valence-electron chi connectivity index (χ2n) is 8.50. The second-order valence-corrected chi connectivity index (χ2v) is 9.42. The van der Waals surface area contributed by atoms with Crippen LogP contribution in [0.2, 0.25) is 0 Å². The lowest BCUT2D eigenvalue weighted by molar-refractivity contribution is 0.0745. The maximum Gasteiger partial charge on any atom is 0.103 e. The van der Waals surface area contributed by atoms with Crippen LogP contribution in [0, 0.1) is 0 Å². The fraction of sp³-hybridized carbons (Fsp3) is 0.250. The monoisotopic (exact) mass is 482 g/mol. The zero-order chi connectivity index (χ0) is 23.0. The van der Waals surface area contributed by atoms with Crippen LogP contribution in [0.5, 0.6) is 0 Å². The van der Waals surface area contributed by atoms with Gasteiger partial charge in [0.15, 0.2) is 0 Å². The molecule has 0 atom stereocenters. The average Bonchev–Trinajstić information content (AvgIpc) is 2.65. The number of nitrogens with zero attached hydrogens (tertiary/aromatic N) is 2. The molecular weight excluding hydrogens is 456 g/mol. The molecule has 4 aromatic rings. The standard InChI is InChI=1S/C12H13BrN2O.C12H14N2O/c1-12(2,16)11-9(14)6-7-5-8(13)3-4-10(7)15-11;1-12(2,15)11-9(13)7-8-5-3-4-6-10(8)14-11/h3-6,16H,14H2,1-2H3;3-7,15H,13H2,1-2H3. The van der Waals surface area contributed by atoms with Gasteiger partial charge in [-0.15, -0.1) is 0 Å². The molecule has 2 aromatic carbocycles. The highest BCUT2D eigenvalue weighted by atomic mass is 79.9. The Balaban J connectivity index is 0.000000176. The number of aromatic nitrogens is 2. The average molecular weight is 483 g/mol. The van der Waals surface area contributed by atoms with E-state index in [9.17, 15) is 10.2 Å². The van der Waals surface area contributed by atoms with E-state index in [4.69, 9.17) is 11.5 Å². The van der Waals surface area contributed by atoms with Crippen LogP contribution >= 0.6 is 15.9 Å². The van der Waals surface area contributed by atoms with Gasteiger partial charge in [-0.25, -0.2) is 9.97 Å². The molecule has 2 heterocycles. The van der Waals surface area contributed by atoms with Crippen molar-refractivity contribution in [2.75, 3.05) is 11.5 Å². The predicted molar refractivity (Wildman–Crippen MR) is 131 cm³/mol. The van der Waals surface area contributed by atoms with Crippen LogP contribution < -0.4 is 11.5 Å². The van der Waals surface area contributed by atoms with Crippen molar-refractivity contribution in [1.29, 1.82) is 0 Å². The zero-order valence-corrected chi connectivity index (χ0v) is 19.6. The first-order valence-electron chi connectivity index (χ1n) is 9.83. The number of benzene rings is 2. The highest BCUT2D eigenvalue weighted by Crippen LogP contribution is 2.29. The maximum absolute atomic E-state index is 9.93. The van der Waals surface area contributed by atoms with Crippen LogP contribution in [0.25, 0.3) is 21.8 Å². The number of anilines is 2. The molecule has 0 fully saturated rings.